The van der Waals surface area contributed by atoms with E-state index in [9.17, 15) is 9.59 Å². The Bertz CT molecular complexity index is 464. The standard InChI is InChI=1S/C11H13BrN2O4/c1-18-5-9(11(16)17)14-10(15)7-3-2-6(12)4-8(7)13/h2-4,9H,5,13H2,1H3,(H,14,15)(H,16,17). The first-order valence-corrected chi connectivity index (χ1v) is 5.82. The lowest BCUT2D eigenvalue weighted by atomic mass is 10.1. The number of ether oxygens (including phenoxy) is 1. The highest BCUT2D eigenvalue weighted by Crippen LogP contribution is 2.18. The average Bonchev–Trinajstić information content (AvgIpc) is 2.27. The molecule has 0 saturated heterocycles. The Morgan fingerprint density at radius 3 is 2.72 bits per heavy atom. The number of nitrogens with one attached hydrogen (secondary N) is 1. The molecule has 1 unspecified atom stereocenters. The second-order valence-electron chi connectivity index (χ2n) is 3.55. The third-order valence-electron chi connectivity index (χ3n) is 2.19. The number of hydrogen-bond acceptors (Lipinski definition) is 4. The third kappa shape index (κ3) is 3.71. The van der Waals surface area contributed by atoms with Crippen LogP contribution < -0.4 is 11.1 Å². The topological polar surface area (TPSA) is 102 Å². The first kappa shape index (κ1) is 14.5. The molecule has 0 saturated carbocycles. The van der Waals surface area contributed by atoms with Crippen LogP contribution in [0.2, 0.25) is 0 Å². The first-order chi connectivity index (χ1) is 8.45. The number of carboxylic acids is 1. The number of halogens is 1. The molecule has 0 aromatic heterocycles. The molecule has 98 valence electrons. The van der Waals surface area contributed by atoms with Crippen LogP contribution in [0.1, 0.15) is 10.4 Å². The van der Waals surface area contributed by atoms with Crippen molar-refractivity contribution < 1.29 is 19.4 Å². The normalized spacial score (nSPS) is 11.9. The highest BCUT2D eigenvalue weighted by atomic mass is 79.9. The molecule has 0 aliphatic heterocycles. The lowest BCUT2D eigenvalue weighted by molar-refractivity contribution is -0.140. The van der Waals surface area contributed by atoms with Crippen LogP contribution in [-0.2, 0) is 9.53 Å². The number of nitrogens with two attached hydrogens (primary N) is 1. The number of hydrogen-bond donors (Lipinski definition) is 3. The maximum Gasteiger partial charge on any atom is 0.328 e. The van der Waals surface area contributed by atoms with Gasteiger partial charge in [0.15, 0.2) is 6.04 Å². The first-order valence-electron chi connectivity index (χ1n) is 5.03. The molecule has 18 heavy (non-hydrogen) atoms. The van der Waals surface area contributed by atoms with Gasteiger partial charge in [-0.3, -0.25) is 4.79 Å². The molecular weight excluding hydrogens is 304 g/mol. The number of rotatable bonds is 5. The van der Waals surface area contributed by atoms with Gasteiger partial charge in [-0.1, -0.05) is 15.9 Å². The zero-order valence-electron chi connectivity index (χ0n) is 9.64. The summed E-state index contributed by atoms with van der Waals surface area (Å²) in [6.07, 6.45) is 0. The van der Waals surface area contributed by atoms with Crippen molar-refractivity contribution in [1.82, 2.24) is 5.32 Å². The Balaban J connectivity index is 2.83. The van der Waals surface area contributed by atoms with Crippen molar-refractivity contribution in [2.75, 3.05) is 19.5 Å². The van der Waals surface area contributed by atoms with E-state index in [-0.39, 0.29) is 17.9 Å². The number of carbonyl (C=O) groups excluding carboxylic acids is 1. The highest BCUT2D eigenvalue weighted by Gasteiger charge is 2.21. The van der Waals surface area contributed by atoms with Gasteiger partial charge in [0.2, 0.25) is 0 Å². The minimum absolute atomic E-state index is 0.114. The monoisotopic (exact) mass is 316 g/mol. The Hall–Kier alpha value is -1.60. The molecule has 0 fully saturated rings. The van der Waals surface area contributed by atoms with Crippen LogP contribution in [0.5, 0.6) is 0 Å². The fourth-order valence-corrected chi connectivity index (χ4v) is 1.70. The summed E-state index contributed by atoms with van der Waals surface area (Å²) in [5.74, 6) is -1.72. The van der Waals surface area contributed by atoms with E-state index in [1.165, 1.54) is 13.2 Å². The van der Waals surface area contributed by atoms with Gasteiger partial charge in [-0.05, 0) is 18.2 Å². The molecule has 0 spiro atoms. The molecule has 1 rings (SSSR count). The van der Waals surface area contributed by atoms with E-state index in [0.717, 1.165) is 4.47 Å². The van der Waals surface area contributed by atoms with Gasteiger partial charge in [-0.2, -0.15) is 0 Å². The van der Waals surface area contributed by atoms with E-state index in [1.54, 1.807) is 12.1 Å². The van der Waals surface area contributed by atoms with E-state index in [0.29, 0.717) is 0 Å². The van der Waals surface area contributed by atoms with Crippen LogP contribution in [0.3, 0.4) is 0 Å². The minimum atomic E-state index is -1.17. The fraction of sp³-hybridized carbons (Fsp3) is 0.273. The summed E-state index contributed by atoms with van der Waals surface area (Å²) in [5.41, 5.74) is 6.17. The van der Waals surface area contributed by atoms with Crippen molar-refractivity contribution >= 4 is 33.5 Å². The highest BCUT2D eigenvalue weighted by molar-refractivity contribution is 9.10. The van der Waals surface area contributed by atoms with Crippen molar-refractivity contribution in [3.8, 4) is 0 Å². The SMILES string of the molecule is COCC(NC(=O)c1ccc(Br)cc1N)C(=O)O. The van der Waals surface area contributed by atoms with Crippen LogP contribution >= 0.6 is 15.9 Å². The molecular formula is C11H13BrN2O4. The smallest absolute Gasteiger partial charge is 0.328 e. The van der Waals surface area contributed by atoms with E-state index in [1.807, 2.05) is 0 Å². The average molecular weight is 317 g/mol. The summed E-state index contributed by atoms with van der Waals surface area (Å²) in [5, 5.41) is 11.2. The zero-order chi connectivity index (χ0) is 13.7. The van der Waals surface area contributed by atoms with Gasteiger partial charge in [-0.25, -0.2) is 4.79 Å². The van der Waals surface area contributed by atoms with Crippen molar-refractivity contribution in [3.05, 3.63) is 28.2 Å². The third-order valence-corrected chi connectivity index (χ3v) is 2.69. The molecule has 4 N–H and O–H groups in total. The molecule has 0 radical (unpaired) electrons. The molecule has 0 heterocycles. The summed E-state index contributed by atoms with van der Waals surface area (Å²) in [4.78, 5) is 22.7. The van der Waals surface area contributed by atoms with Gasteiger partial charge < -0.3 is 20.9 Å². The van der Waals surface area contributed by atoms with E-state index in [2.05, 4.69) is 21.2 Å². The van der Waals surface area contributed by atoms with Crippen molar-refractivity contribution in [1.29, 1.82) is 0 Å². The maximum atomic E-state index is 11.8. The minimum Gasteiger partial charge on any atom is -0.480 e. The van der Waals surface area contributed by atoms with Gasteiger partial charge in [0.25, 0.3) is 5.91 Å². The maximum absolute atomic E-state index is 11.8. The quantitative estimate of drug-likeness (QED) is 0.699. The number of anilines is 1. The number of methoxy groups -OCH3 is 1. The molecule has 0 aliphatic rings. The predicted octanol–water partition coefficient (Wildman–Crippen LogP) is 0.861. The number of carbonyl (C=O) groups is 2. The molecule has 7 heteroatoms. The Morgan fingerprint density at radius 1 is 1.56 bits per heavy atom. The van der Waals surface area contributed by atoms with Crippen LogP contribution in [0.4, 0.5) is 5.69 Å². The van der Waals surface area contributed by atoms with Gasteiger partial charge in [0.05, 0.1) is 12.2 Å². The number of nitrogen functional groups attached to an aromatic ring is 1. The number of carboxylic acid groups (broad SMARTS) is 1. The second kappa shape index (κ2) is 6.36. The summed E-state index contributed by atoms with van der Waals surface area (Å²) >= 11 is 3.22. The zero-order valence-corrected chi connectivity index (χ0v) is 11.2. The Kier molecular flexibility index (Phi) is 5.11. The summed E-state index contributed by atoms with van der Waals surface area (Å²) in [6.45, 7) is -0.114. The molecule has 0 bridgehead atoms. The number of benzene rings is 1. The van der Waals surface area contributed by atoms with Gasteiger partial charge in [0.1, 0.15) is 0 Å². The summed E-state index contributed by atoms with van der Waals surface area (Å²) in [6, 6.07) is 3.63. The summed E-state index contributed by atoms with van der Waals surface area (Å²) in [7, 11) is 1.36. The molecule has 1 atom stereocenters. The van der Waals surface area contributed by atoms with Gasteiger partial charge in [-0.15, -0.1) is 0 Å². The second-order valence-corrected chi connectivity index (χ2v) is 4.47. The predicted molar refractivity (Wildman–Crippen MR) is 69.3 cm³/mol. The van der Waals surface area contributed by atoms with E-state index < -0.39 is 17.9 Å². The van der Waals surface area contributed by atoms with Crippen molar-refractivity contribution in [3.63, 3.8) is 0 Å². The van der Waals surface area contributed by atoms with Crippen LogP contribution in [0.25, 0.3) is 0 Å². The molecule has 1 aromatic rings. The lowest BCUT2D eigenvalue weighted by Gasteiger charge is -2.14. The summed E-state index contributed by atoms with van der Waals surface area (Å²) < 4.78 is 5.46. The van der Waals surface area contributed by atoms with Gasteiger partial charge >= 0.3 is 5.97 Å². The Labute approximate surface area is 112 Å². The van der Waals surface area contributed by atoms with Crippen molar-refractivity contribution in [2.45, 2.75) is 6.04 Å². The van der Waals surface area contributed by atoms with Gasteiger partial charge in [0, 0.05) is 17.3 Å². The number of amides is 1. The van der Waals surface area contributed by atoms with Crippen LogP contribution in [-0.4, -0.2) is 36.7 Å². The Morgan fingerprint density at radius 2 is 2.22 bits per heavy atom. The van der Waals surface area contributed by atoms with Crippen molar-refractivity contribution in [2.24, 2.45) is 0 Å². The van der Waals surface area contributed by atoms with Crippen LogP contribution in [0, 0.1) is 0 Å². The lowest BCUT2D eigenvalue weighted by Crippen LogP contribution is -2.44. The molecule has 1 amide bonds. The van der Waals surface area contributed by atoms with E-state index in [4.69, 9.17) is 15.6 Å². The van der Waals surface area contributed by atoms with Crippen LogP contribution in [0.15, 0.2) is 22.7 Å². The van der Waals surface area contributed by atoms with E-state index >= 15 is 0 Å². The number of aliphatic carboxylic acids is 1. The largest absolute Gasteiger partial charge is 0.480 e. The molecule has 6 nitrogen and oxygen atoms in total. The molecule has 1 aromatic carbocycles. The fourth-order valence-electron chi connectivity index (χ4n) is 1.32. The molecule has 0 aliphatic carbocycles.